The molecular weight excluding hydrogens is 326 g/mol. The second-order valence-corrected chi connectivity index (χ2v) is 5.18. The molecule has 2 N–H and O–H groups in total. The molecule has 0 fully saturated rings. The minimum atomic E-state index is -0.859. The smallest absolute Gasteiger partial charge is 0.276 e. The van der Waals surface area contributed by atoms with Crippen LogP contribution in [-0.4, -0.2) is 15.9 Å². The molecule has 7 heteroatoms. The zero-order chi connectivity index (χ0) is 17.6. The maximum Gasteiger partial charge on any atom is 0.276 e. The van der Waals surface area contributed by atoms with Crippen molar-refractivity contribution in [1.82, 2.24) is 9.97 Å². The second-order valence-electron chi connectivity index (χ2n) is 5.18. The first-order valence-corrected chi connectivity index (χ1v) is 7.48. The molecule has 0 bridgehead atoms. The number of carbonyl (C=O) groups is 1. The Labute approximate surface area is 142 Å². The molecule has 1 aromatic heterocycles. The topological polar surface area (TPSA) is 66.9 Å². The standard InChI is InChI=1S/C18H14F2N4O/c19-13-7-4-8-14(20)17(13)24-18(25)15-10-23-16(11-21-15)22-9-12-5-2-1-3-6-12/h1-8,10-11H,9H2,(H,22,23)(H,24,25). The van der Waals surface area contributed by atoms with Crippen molar-refractivity contribution < 1.29 is 13.6 Å². The summed E-state index contributed by atoms with van der Waals surface area (Å²) in [5.74, 6) is -1.98. The number of aromatic nitrogens is 2. The first kappa shape index (κ1) is 16.5. The van der Waals surface area contributed by atoms with E-state index in [1.807, 2.05) is 30.3 Å². The number of hydrogen-bond acceptors (Lipinski definition) is 4. The van der Waals surface area contributed by atoms with Gasteiger partial charge in [0.2, 0.25) is 0 Å². The Hall–Kier alpha value is -3.35. The lowest BCUT2D eigenvalue weighted by molar-refractivity contribution is 0.102. The number of carbonyl (C=O) groups excluding carboxylic acids is 1. The van der Waals surface area contributed by atoms with Gasteiger partial charge >= 0.3 is 0 Å². The van der Waals surface area contributed by atoms with Gasteiger partial charge in [-0.15, -0.1) is 0 Å². The summed E-state index contributed by atoms with van der Waals surface area (Å²) < 4.78 is 27.1. The average molecular weight is 340 g/mol. The Morgan fingerprint density at radius 2 is 1.64 bits per heavy atom. The molecule has 2 aromatic carbocycles. The van der Waals surface area contributed by atoms with Crippen LogP contribution in [0.15, 0.2) is 60.9 Å². The number of halogens is 2. The molecule has 0 unspecified atom stereocenters. The van der Waals surface area contributed by atoms with Crippen molar-refractivity contribution in [2.45, 2.75) is 6.54 Å². The van der Waals surface area contributed by atoms with Gasteiger partial charge in [0, 0.05) is 6.54 Å². The van der Waals surface area contributed by atoms with E-state index in [4.69, 9.17) is 0 Å². The van der Waals surface area contributed by atoms with E-state index >= 15 is 0 Å². The molecule has 0 spiro atoms. The van der Waals surface area contributed by atoms with Crippen LogP contribution >= 0.6 is 0 Å². The van der Waals surface area contributed by atoms with E-state index in [0.717, 1.165) is 17.7 Å². The van der Waals surface area contributed by atoms with Gasteiger partial charge in [-0.1, -0.05) is 36.4 Å². The van der Waals surface area contributed by atoms with Crippen molar-refractivity contribution in [2.75, 3.05) is 10.6 Å². The summed E-state index contributed by atoms with van der Waals surface area (Å²) in [5.41, 5.74) is 0.509. The number of rotatable bonds is 5. The molecule has 126 valence electrons. The van der Waals surface area contributed by atoms with Crippen molar-refractivity contribution >= 4 is 17.4 Å². The molecule has 0 radical (unpaired) electrons. The summed E-state index contributed by atoms with van der Waals surface area (Å²) in [7, 11) is 0. The molecular formula is C18H14F2N4O. The van der Waals surface area contributed by atoms with E-state index in [0.29, 0.717) is 12.4 Å². The van der Waals surface area contributed by atoms with Gasteiger partial charge in [-0.3, -0.25) is 4.79 Å². The molecule has 0 saturated carbocycles. The molecule has 25 heavy (non-hydrogen) atoms. The van der Waals surface area contributed by atoms with E-state index in [-0.39, 0.29) is 5.69 Å². The van der Waals surface area contributed by atoms with Gasteiger partial charge in [-0.25, -0.2) is 18.7 Å². The number of anilines is 2. The summed E-state index contributed by atoms with van der Waals surface area (Å²) >= 11 is 0. The normalized spacial score (nSPS) is 10.3. The van der Waals surface area contributed by atoms with Crippen molar-refractivity contribution in [2.24, 2.45) is 0 Å². The molecule has 0 aliphatic heterocycles. The van der Waals surface area contributed by atoms with E-state index in [2.05, 4.69) is 20.6 Å². The zero-order valence-corrected chi connectivity index (χ0v) is 13.0. The molecule has 3 rings (SSSR count). The summed E-state index contributed by atoms with van der Waals surface area (Å²) in [4.78, 5) is 20.1. The van der Waals surface area contributed by atoms with Gasteiger partial charge in [-0.05, 0) is 17.7 Å². The van der Waals surface area contributed by atoms with Crippen LogP contribution in [0, 0.1) is 11.6 Å². The Morgan fingerprint density at radius 1 is 0.920 bits per heavy atom. The van der Waals surface area contributed by atoms with E-state index in [1.165, 1.54) is 18.5 Å². The minimum Gasteiger partial charge on any atom is -0.365 e. The summed E-state index contributed by atoms with van der Waals surface area (Å²) in [6, 6.07) is 13.0. The van der Waals surface area contributed by atoms with Crippen molar-refractivity contribution in [1.29, 1.82) is 0 Å². The Bertz CT molecular complexity index is 850. The van der Waals surface area contributed by atoms with E-state index in [9.17, 15) is 13.6 Å². The molecule has 0 atom stereocenters. The Morgan fingerprint density at radius 3 is 2.28 bits per heavy atom. The number of nitrogens with one attached hydrogen (secondary N) is 2. The Kier molecular flexibility index (Phi) is 4.94. The van der Waals surface area contributed by atoms with Crippen LogP contribution in [0.3, 0.4) is 0 Å². The number of para-hydroxylation sites is 1. The van der Waals surface area contributed by atoms with Crippen LogP contribution in [-0.2, 0) is 6.54 Å². The summed E-state index contributed by atoms with van der Waals surface area (Å²) in [6.45, 7) is 0.557. The zero-order valence-electron chi connectivity index (χ0n) is 13.0. The third kappa shape index (κ3) is 4.14. The average Bonchev–Trinajstić information content (AvgIpc) is 2.64. The molecule has 0 saturated heterocycles. The van der Waals surface area contributed by atoms with Crippen molar-refractivity contribution in [3.05, 3.63) is 83.8 Å². The maximum atomic E-state index is 13.6. The van der Waals surface area contributed by atoms with Crippen LogP contribution in [0.4, 0.5) is 20.3 Å². The quantitative estimate of drug-likeness (QED) is 0.744. The third-order valence-electron chi connectivity index (χ3n) is 3.40. The fraction of sp³-hybridized carbons (Fsp3) is 0.0556. The number of hydrogen-bond donors (Lipinski definition) is 2. The molecule has 0 aliphatic rings. The van der Waals surface area contributed by atoms with Gasteiger partial charge < -0.3 is 10.6 Å². The summed E-state index contributed by atoms with van der Waals surface area (Å²) in [6.07, 6.45) is 2.62. The predicted octanol–water partition coefficient (Wildman–Crippen LogP) is 3.62. The molecule has 3 aromatic rings. The number of nitrogens with zero attached hydrogens (tertiary/aromatic N) is 2. The third-order valence-corrected chi connectivity index (χ3v) is 3.40. The number of benzene rings is 2. The van der Waals surface area contributed by atoms with Crippen LogP contribution in [0.2, 0.25) is 0 Å². The van der Waals surface area contributed by atoms with Crippen LogP contribution in [0.25, 0.3) is 0 Å². The maximum absolute atomic E-state index is 13.6. The SMILES string of the molecule is O=C(Nc1c(F)cccc1F)c1cnc(NCc2ccccc2)cn1. The second kappa shape index (κ2) is 7.48. The monoisotopic (exact) mass is 340 g/mol. The lowest BCUT2D eigenvalue weighted by Crippen LogP contribution is -2.16. The lowest BCUT2D eigenvalue weighted by Gasteiger charge is -2.08. The van der Waals surface area contributed by atoms with Crippen molar-refractivity contribution in [3.63, 3.8) is 0 Å². The van der Waals surface area contributed by atoms with E-state index in [1.54, 1.807) is 0 Å². The molecule has 1 heterocycles. The van der Waals surface area contributed by atoms with Gasteiger partial charge in [0.15, 0.2) is 0 Å². The van der Waals surface area contributed by atoms with Crippen LogP contribution in [0.1, 0.15) is 16.1 Å². The first-order valence-electron chi connectivity index (χ1n) is 7.48. The molecule has 1 amide bonds. The highest BCUT2D eigenvalue weighted by atomic mass is 19.1. The highest BCUT2D eigenvalue weighted by molar-refractivity contribution is 6.02. The first-order chi connectivity index (χ1) is 12.1. The fourth-order valence-corrected chi connectivity index (χ4v) is 2.12. The van der Waals surface area contributed by atoms with Crippen molar-refractivity contribution in [3.8, 4) is 0 Å². The lowest BCUT2D eigenvalue weighted by atomic mass is 10.2. The Balaban J connectivity index is 1.64. The number of amides is 1. The highest BCUT2D eigenvalue weighted by Crippen LogP contribution is 2.18. The minimum absolute atomic E-state index is 0.0482. The van der Waals surface area contributed by atoms with Gasteiger partial charge in [-0.2, -0.15) is 0 Å². The van der Waals surface area contributed by atoms with Crippen LogP contribution in [0.5, 0.6) is 0 Å². The molecule has 0 aliphatic carbocycles. The molecule has 5 nitrogen and oxygen atoms in total. The van der Waals surface area contributed by atoms with Gasteiger partial charge in [0.25, 0.3) is 5.91 Å². The predicted molar refractivity (Wildman–Crippen MR) is 90.1 cm³/mol. The van der Waals surface area contributed by atoms with Crippen LogP contribution < -0.4 is 10.6 Å². The highest BCUT2D eigenvalue weighted by Gasteiger charge is 2.14. The van der Waals surface area contributed by atoms with E-state index < -0.39 is 23.2 Å². The largest absolute Gasteiger partial charge is 0.365 e. The van der Waals surface area contributed by atoms with Gasteiger partial charge in [0.05, 0.1) is 12.4 Å². The fourth-order valence-electron chi connectivity index (χ4n) is 2.12. The van der Waals surface area contributed by atoms with Gasteiger partial charge in [0.1, 0.15) is 28.8 Å². The summed E-state index contributed by atoms with van der Waals surface area (Å²) in [5, 5.41) is 5.23.